The van der Waals surface area contributed by atoms with Crippen LogP contribution in [0.3, 0.4) is 0 Å². The van der Waals surface area contributed by atoms with E-state index in [0.717, 1.165) is 19.4 Å². The molecular weight excluding hydrogens is 188 g/mol. The van der Waals surface area contributed by atoms with Gasteiger partial charge in [-0.1, -0.05) is 30.3 Å². The van der Waals surface area contributed by atoms with E-state index in [-0.39, 0.29) is 12.2 Å². The van der Waals surface area contributed by atoms with Crippen molar-refractivity contribution >= 4 is 0 Å². The lowest BCUT2D eigenvalue weighted by atomic mass is 9.98. The molecule has 82 valence electrons. The molecule has 0 saturated carbocycles. The van der Waals surface area contributed by atoms with Crippen molar-refractivity contribution in [3.05, 3.63) is 35.9 Å². The summed E-state index contributed by atoms with van der Waals surface area (Å²) in [6, 6.07) is 10.1. The van der Waals surface area contributed by atoms with Gasteiger partial charge in [0.05, 0.1) is 12.2 Å². The molecule has 0 amide bonds. The summed E-state index contributed by atoms with van der Waals surface area (Å²) >= 11 is 0. The zero-order chi connectivity index (χ0) is 10.5. The van der Waals surface area contributed by atoms with Crippen LogP contribution < -0.4 is 0 Å². The predicted octanol–water partition coefficient (Wildman–Crippen LogP) is 2.16. The Labute approximate surface area is 90.9 Å². The molecule has 1 heterocycles. The van der Waals surface area contributed by atoms with E-state index in [0.29, 0.717) is 6.42 Å². The van der Waals surface area contributed by atoms with E-state index in [4.69, 9.17) is 4.74 Å². The number of hydrogen-bond donors (Lipinski definition) is 1. The van der Waals surface area contributed by atoms with Crippen molar-refractivity contribution in [1.29, 1.82) is 0 Å². The smallest absolute Gasteiger partial charge is 0.0842 e. The van der Waals surface area contributed by atoms with Crippen LogP contribution in [0.1, 0.15) is 24.8 Å². The SMILES string of the molecule is OC(Cc1ccccc1)C1CCCCO1. The van der Waals surface area contributed by atoms with Gasteiger partial charge in [0.15, 0.2) is 0 Å². The maximum atomic E-state index is 10.0. The number of ether oxygens (including phenoxy) is 1. The van der Waals surface area contributed by atoms with Crippen molar-refractivity contribution in [2.45, 2.75) is 37.9 Å². The van der Waals surface area contributed by atoms with Crippen LogP contribution in [0.25, 0.3) is 0 Å². The van der Waals surface area contributed by atoms with Crippen molar-refractivity contribution in [2.24, 2.45) is 0 Å². The second-order valence-electron chi connectivity index (χ2n) is 4.16. The van der Waals surface area contributed by atoms with Crippen LogP contribution in [-0.2, 0) is 11.2 Å². The molecule has 2 rings (SSSR count). The zero-order valence-electron chi connectivity index (χ0n) is 8.93. The Bertz CT molecular complexity index is 278. The van der Waals surface area contributed by atoms with Crippen LogP contribution in [0.5, 0.6) is 0 Å². The highest BCUT2D eigenvalue weighted by Crippen LogP contribution is 2.18. The third kappa shape index (κ3) is 3.05. The second-order valence-corrected chi connectivity index (χ2v) is 4.16. The third-order valence-electron chi connectivity index (χ3n) is 2.93. The topological polar surface area (TPSA) is 29.5 Å². The van der Waals surface area contributed by atoms with E-state index in [1.807, 2.05) is 30.3 Å². The van der Waals surface area contributed by atoms with Crippen molar-refractivity contribution in [1.82, 2.24) is 0 Å². The van der Waals surface area contributed by atoms with Crippen molar-refractivity contribution in [3.63, 3.8) is 0 Å². The molecule has 0 radical (unpaired) electrons. The monoisotopic (exact) mass is 206 g/mol. The van der Waals surface area contributed by atoms with Gasteiger partial charge in [0.1, 0.15) is 0 Å². The molecule has 0 bridgehead atoms. The minimum Gasteiger partial charge on any atom is -0.390 e. The van der Waals surface area contributed by atoms with Gasteiger partial charge in [-0.15, -0.1) is 0 Å². The Hall–Kier alpha value is -0.860. The van der Waals surface area contributed by atoms with Gasteiger partial charge in [-0.05, 0) is 24.8 Å². The normalized spacial score (nSPS) is 23.7. The Morgan fingerprint density at radius 1 is 1.27 bits per heavy atom. The molecule has 2 atom stereocenters. The number of rotatable bonds is 3. The largest absolute Gasteiger partial charge is 0.390 e. The number of hydrogen-bond acceptors (Lipinski definition) is 2. The summed E-state index contributed by atoms with van der Waals surface area (Å²) in [6.07, 6.45) is 3.69. The number of aliphatic hydroxyl groups is 1. The lowest BCUT2D eigenvalue weighted by molar-refractivity contribution is -0.0611. The van der Waals surface area contributed by atoms with Gasteiger partial charge < -0.3 is 9.84 Å². The van der Waals surface area contributed by atoms with Crippen LogP contribution in [0, 0.1) is 0 Å². The fourth-order valence-corrected chi connectivity index (χ4v) is 2.06. The third-order valence-corrected chi connectivity index (χ3v) is 2.93. The summed E-state index contributed by atoms with van der Waals surface area (Å²) in [5.74, 6) is 0. The minimum absolute atomic E-state index is 0.0407. The summed E-state index contributed by atoms with van der Waals surface area (Å²) in [5, 5.41) is 10.0. The average Bonchev–Trinajstić information content (AvgIpc) is 2.31. The molecule has 2 heteroatoms. The number of benzene rings is 1. The van der Waals surface area contributed by atoms with Crippen LogP contribution in [0.2, 0.25) is 0 Å². The summed E-state index contributed by atoms with van der Waals surface area (Å²) in [4.78, 5) is 0. The summed E-state index contributed by atoms with van der Waals surface area (Å²) in [7, 11) is 0. The first-order valence-electron chi connectivity index (χ1n) is 5.70. The van der Waals surface area contributed by atoms with Gasteiger partial charge in [0, 0.05) is 13.0 Å². The van der Waals surface area contributed by atoms with Gasteiger partial charge in [-0.25, -0.2) is 0 Å². The zero-order valence-corrected chi connectivity index (χ0v) is 8.93. The molecule has 1 aromatic rings. The molecule has 2 unspecified atom stereocenters. The van der Waals surface area contributed by atoms with E-state index < -0.39 is 0 Å². The first-order chi connectivity index (χ1) is 7.36. The number of aliphatic hydroxyl groups excluding tert-OH is 1. The Balaban J connectivity index is 1.88. The van der Waals surface area contributed by atoms with Crippen LogP contribution >= 0.6 is 0 Å². The molecule has 1 aliphatic heterocycles. The van der Waals surface area contributed by atoms with Crippen molar-refractivity contribution in [3.8, 4) is 0 Å². The molecule has 1 aromatic carbocycles. The fourth-order valence-electron chi connectivity index (χ4n) is 2.06. The average molecular weight is 206 g/mol. The molecular formula is C13H18O2. The highest BCUT2D eigenvalue weighted by atomic mass is 16.5. The van der Waals surface area contributed by atoms with Crippen molar-refractivity contribution < 1.29 is 9.84 Å². The van der Waals surface area contributed by atoms with E-state index in [1.54, 1.807) is 0 Å². The van der Waals surface area contributed by atoms with E-state index in [1.165, 1.54) is 12.0 Å². The highest BCUT2D eigenvalue weighted by molar-refractivity contribution is 5.15. The molecule has 0 spiro atoms. The standard InChI is InChI=1S/C13H18O2/c14-12(13-8-4-5-9-15-13)10-11-6-2-1-3-7-11/h1-3,6-7,12-14H,4-5,8-10H2. The fraction of sp³-hybridized carbons (Fsp3) is 0.538. The Morgan fingerprint density at radius 2 is 2.07 bits per heavy atom. The van der Waals surface area contributed by atoms with E-state index >= 15 is 0 Å². The highest BCUT2D eigenvalue weighted by Gasteiger charge is 2.22. The second kappa shape index (κ2) is 5.29. The van der Waals surface area contributed by atoms with Gasteiger partial charge in [-0.3, -0.25) is 0 Å². The van der Waals surface area contributed by atoms with Gasteiger partial charge in [0.2, 0.25) is 0 Å². The first kappa shape index (κ1) is 10.7. The molecule has 1 fully saturated rings. The molecule has 15 heavy (non-hydrogen) atoms. The van der Waals surface area contributed by atoms with Crippen LogP contribution in [-0.4, -0.2) is 23.9 Å². The van der Waals surface area contributed by atoms with E-state index in [9.17, 15) is 5.11 Å². The molecule has 1 N–H and O–H groups in total. The first-order valence-corrected chi connectivity index (χ1v) is 5.70. The summed E-state index contributed by atoms with van der Waals surface area (Å²) in [6.45, 7) is 0.802. The van der Waals surface area contributed by atoms with Gasteiger partial charge in [-0.2, -0.15) is 0 Å². The van der Waals surface area contributed by atoms with E-state index in [2.05, 4.69) is 0 Å². The molecule has 2 nitrogen and oxygen atoms in total. The molecule has 1 saturated heterocycles. The van der Waals surface area contributed by atoms with Gasteiger partial charge >= 0.3 is 0 Å². The van der Waals surface area contributed by atoms with Crippen molar-refractivity contribution in [2.75, 3.05) is 6.61 Å². The lowest BCUT2D eigenvalue weighted by Crippen LogP contribution is -2.33. The molecule has 0 aromatic heterocycles. The quantitative estimate of drug-likeness (QED) is 0.821. The summed E-state index contributed by atoms with van der Waals surface area (Å²) in [5.41, 5.74) is 1.18. The molecule has 1 aliphatic rings. The lowest BCUT2D eigenvalue weighted by Gasteiger charge is -2.27. The maximum Gasteiger partial charge on any atom is 0.0842 e. The maximum absolute atomic E-state index is 10.0. The Kier molecular flexibility index (Phi) is 3.75. The van der Waals surface area contributed by atoms with Crippen LogP contribution in [0.4, 0.5) is 0 Å². The van der Waals surface area contributed by atoms with Crippen LogP contribution in [0.15, 0.2) is 30.3 Å². The van der Waals surface area contributed by atoms with Gasteiger partial charge in [0.25, 0.3) is 0 Å². The summed E-state index contributed by atoms with van der Waals surface area (Å²) < 4.78 is 5.56. The minimum atomic E-state index is -0.354. The Morgan fingerprint density at radius 3 is 2.73 bits per heavy atom. The molecule has 0 aliphatic carbocycles. The predicted molar refractivity (Wildman–Crippen MR) is 59.7 cm³/mol.